The first-order valence-corrected chi connectivity index (χ1v) is 38.1. The molecule has 1 aromatic rings. The van der Waals surface area contributed by atoms with Crippen molar-refractivity contribution in [3.05, 3.63) is 34.3 Å². The largest absolute Gasteiger partial charge is 0.417 e. The zero-order chi connectivity index (χ0) is 79.3. The van der Waals surface area contributed by atoms with Crippen molar-refractivity contribution in [3.63, 3.8) is 0 Å². The van der Waals surface area contributed by atoms with Gasteiger partial charge in [-0.25, -0.2) is 8.78 Å². The average Bonchev–Trinajstić information content (AvgIpc) is 0.974. The molecule has 25 nitrogen and oxygen atoms in total. The van der Waals surface area contributed by atoms with E-state index < -0.39 is 191 Å². The molecule has 5 fully saturated rings. The monoisotopic (exact) mass is 1520 g/mol. The maximum Gasteiger partial charge on any atom is 0.417 e. The summed E-state index contributed by atoms with van der Waals surface area (Å²) in [5, 5.41) is 7.78. The molecular formula is C75H117ClF5N13O12. The summed E-state index contributed by atoms with van der Waals surface area (Å²) in [5.74, 6) is -14.0. The second-order valence-electron chi connectivity index (χ2n) is 31.4. The van der Waals surface area contributed by atoms with Gasteiger partial charge in [0.2, 0.25) is 70.9 Å². The maximum absolute atomic E-state index is 15.5. The second kappa shape index (κ2) is 38.2. The summed E-state index contributed by atoms with van der Waals surface area (Å²) in [6.07, 6.45) is 0.675. The molecule has 0 radical (unpaired) electrons. The summed E-state index contributed by atoms with van der Waals surface area (Å²) in [7, 11) is 12.4. The molecule has 3 aliphatic heterocycles. The van der Waals surface area contributed by atoms with Crippen LogP contribution in [-0.2, 0) is 70.1 Å². The molecule has 3 heterocycles. The number of amides is 12. The van der Waals surface area contributed by atoms with Crippen LogP contribution in [0.1, 0.15) is 175 Å². The molecule has 3 N–H and O–H groups in total. The van der Waals surface area contributed by atoms with Gasteiger partial charge in [-0.15, -0.1) is 0 Å². The smallest absolute Gasteiger partial charge is 0.347 e. The number of nitrogens with one attached hydrogen (secondary N) is 3. The molecule has 0 bridgehead atoms. The second-order valence-corrected chi connectivity index (χ2v) is 31.8. The third-order valence-corrected chi connectivity index (χ3v) is 23.0. The molecule has 11 atom stereocenters. The molecule has 0 unspecified atom stereocenters. The normalized spacial score (nSPS) is 27.6. The number of halogens is 6. The molecule has 2 saturated carbocycles. The van der Waals surface area contributed by atoms with Crippen molar-refractivity contribution < 1.29 is 79.5 Å². The minimum atomic E-state index is -4.82. The molecular weight excluding hydrogens is 1410 g/mol. The van der Waals surface area contributed by atoms with Gasteiger partial charge in [-0.2, -0.15) is 13.2 Å². The van der Waals surface area contributed by atoms with Crippen LogP contribution in [0.15, 0.2) is 18.2 Å². The van der Waals surface area contributed by atoms with Crippen molar-refractivity contribution in [2.24, 2.45) is 29.6 Å². The number of nitrogens with zero attached hydrogens (tertiary/aromatic N) is 10. The number of rotatable bonds is 15. The molecule has 0 spiro atoms. The van der Waals surface area contributed by atoms with E-state index in [9.17, 15) is 46.7 Å². The van der Waals surface area contributed by atoms with Crippen molar-refractivity contribution in [2.45, 2.75) is 243 Å². The van der Waals surface area contributed by atoms with Gasteiger partial charge in [-0.3, -0.25) is 62.4 Å². The van der Waals surface area contributed by atoms with Gasteiger partial charge in [0.15, 0.2) is 0 Å². The number of carbonyl (C=O) groups is 12. The molecule has 31 heteroatoms. The minimum Gasteiger partial charge on any atom is -0.347 e. The molecule has 0 aromatic heterocycles. The summed E-state index contributed by atoms with van der Waals surface area (Å²) >= 11 is 6.18. The third kappa shape index (κ3) is 22.2. The van der Waals surface area contributed by atoms with Crippen LogP contribution in [-0.4, -0.2) is 282 Å². The quantitative estimate of drug-likeness (QED) is 0.163. The number of likely N-dealkylation sites (N-methyl/N-ethyl adjacent to an activating group) is 8. The Kier molecular flexibility index (Phi) is 31.6. The first-order chi connectivity index (χ1) is 49.5. The van der Waals surface area contributed by atoms with Crippen molar-refractivity contribution in [3.8, 4) is 0 Å². The fourth-order valence-corrected chi connectivity index (χ4v) is 15.8. The number of aryl methyl sites for hydroxylation is 1. The number of hydrogen-bond acceptors (Lipinski definition) is 13. The molecule has 5 aliphatic rings. The van der Waals surface area contributed by atoms with E-state index in [0.29, 0.717) is 32.1 Å². The van der Waals surface area contributed by atoms with E-state index in [4.69, 9.17) is 11.6 Å². The number of likely N-dealkylation sites (tertiary alicyclic amines) is 1. The Bertz CT molecular complexity index is 3300. The molecule has 12 amide bonds. The van der Waals surface area contributed by atoms with E-state index in [2.05, 4.69) is 16.0 Å². The molecule has 3 saturated heterocycles. The topological polar surface area (TPSA) is 273 Å². The van der Waals surface area contributed by atoms with Gasteiger partial charge in [0.25, 0.3) is 5.92 Å². The highest BCUT2D eigenvalue weighted by atomic mass is 35.5. The Morgan fingerprint density at radius 2 is 1.25 bits per heavy atom. The van der Waals surface area contributed by atoms with Crippen molar-refractivity contribution >= 4 is 82.5 Å². The minimum absolute atomic E-state index is 0.0286. The van der Waals surface area contributed by atoms with Crippen LogP contribution < -0.4 is 16.0 Å². The first-order valence-electron chi connectivity index (χ1n) is 37.7. The van der Waals surface area contributed by atoms with Crippen LogP contribution in [0, 0.1) is 29.6 Å². The predicted octanol–water partition coefficient (Wildman–Crippen LogP) is 6.31. The molecule has 106 heavy (non-hydrogen) atoms. The summed E-state index contributed by atoms with van der Waals surface area (Å²) in [6.45, 7) is 10.8. The van der Waals surface area contributed by atoms with E-state index in [1.54, 1.807) is 20.8 Å². The fraction of sp³-hybridized carbons (Fsp3) is 0.760. The van der Waals surface area contributed by atoms with Crippen molar-refractivity contribution in [2.75, 3.05) is 96.2 Å². The lowest BCUT2D eigenvalue weighted by Gasteiger charge is -2.45. The van der Waals surface area contributed by atoms with Gasteiger partial charge in [-0.1, -0.05) is 111 Å². The molecule has 6 rings (SSSR count). The van der Waals surface area contributed by atoms with Crippen LogP contribution in [0.25, 0.3) is 0 Å². The summed E-state index contributed by atoms with van der Waals surface area (Å²) in [6, 6.07) is -10.4. The van der Waals surface area contributed by atoms with Gasteiger partial charge in [-0.05, 0) is 119 Å². The summed E-state index contributed by atoms with van der Waals surface area (Å²) < 4.78 is 72.1. The lowest BCUT2D eigenvalue weighted by Crippen LogP contribution is -2.65. The number of piperidine rings is 1. The van der Waals surface area contributed by atoms with Crippen LogP contribution in [0.5, 0.6) is 0 Å². The Morgan fingerprint density at radius 3 is 1.80 bits per heavy atom. The maximum atomic E-state index is 15.5. The standard InChI is InChI=1S/C75H117ClF5N13O12/c1-17-46(6)62-72(105)87(11)47(7)66(99)94-37-33-55(94)70(103)90(14)57(40-48-24-19-18-20-25-48)69(102)86(10)42-59(95)82-53(31-29-49-28-30-51(52(76)39-49)75(79,80)81)67(100)89(13)54(32-36-93-35-23-34-74(77,78)43-93)64(97)83-61(45(4)5)71(104)92(16)63(50-26-21-22-27-50)73(106)91(15)58(68(101)85(8)9)41-60(96)88(12)56(38-44(2)3)65(98)84-62/h28,30,39,44-48,50,53-58,61-63H,17-27,29,31-38,40-43H2,1-16H3,(H,82,95)(H,83,97)(H,84,98)/t46-,47-,53-,54-,55-,56-,57-,58-,61-,62-,63-/m0/s1. The van der Waals surface area contributed by atoms with E-state index in [1.165, 1.54) is 105 Å². The number of fused-ring (bicyclic) bond motifs is 1. The Morgan fingerprint density at radius 1 is 0.651 bits per heavy atom. The number of alkyl halides is 5. The Labute approximate surface area is 627 Å². The molecule has 1 aromatic carbocycles. The van der Waals surface area contributed by atoms with Gasteiger partial charge < -0.3 is 60.0 Å². The van der Waals surface area contributed by atoms with Crippen molar-refractivity contribution in [1.29, 1.82) is 0 Å². The van der Waals surface area contributed by atoms with Crippen molar-refractivity contribution in [1.82, 2.24) is 64.9 Å². The Hall–Kier alpha value is -7.24. The van der Waals surface area contributed by atoms with E-state index in [0.717, 1.165) is 65.0 Å². The SMILES string of the molecule is CC[C@H](C)[C@@H]1NC(=O)[C@H](CC(C)C)N(C)C(=O)C[C@@H](C(=O)N(C)C)N(C)C(=O)[C@H](C2CCCC2)N(C)C(=O)[C@H](C(C)C)NC(=O)[C@H](CCN2CCCC(F)(F)C2)N(C)C(=O)[C@H](CCc2ccc(C(F)(F)F)c(Cl)c2)NC(=O)CN(C)C(=O)[C@H](CC2CCCCC2)N(C)C(=O)[C@@H]2CCN2C(=O)[C@H](C)N(C)C1=O. The predicted molar refractivity (Wildman–Crippen MR) is 389 cm³/mol. The van der Waals surface area contributed by atoms with E-state index in [1.807, 2.05) is 20.8 Å². The average molecular weight is 1520 g/mol. The fourth-order valence-electron chi connectivity index (χ4n) is 15.4. The zero-order valence-corrected chi connectivity index (χ0v) is 65.8. The number of hydrogen-bond donors (Lipinski definition) is 3. The Balaban J connectivity index is 1.49. The van der Waals surface area contributed by atoms with Gasteiger partial charge in [0, 0.05) is 82.9 Å². The van der Waals surface area contributed by atoms with Gasteiger partial charge in [0.05, 0.1) is 30.1 Å². The highest BCUT2D eigenvalue weighted by molar-refractivity contribution is 6.31. The summed E-state index contributed by atoms with van der Waals surface area (Å²) in [4.78, 5) is 192. The van der Waals surface area contributed by atoms with Crippen LogP contribution >= 0.6 is 11.6 Å². The van der Waals surface area contributed by atoms with E-state index >= 15 is 32.8 Å². The van der Waals surface area contributed by atoms with Crippen LogP contribution in [0.3, 0.4) is 0 Å². The number of benzene rings is 1. The number of carbonyl (C=O) groups excluding carboxylic acids is 12. The van der Waals surface area contributed by atoms with Crippen LogP contribution in [0.4, 0.5) is 22.0 Å². The lowest BCUT2D eigenvalue weighted by atomic mass is 9.84. The lowest BCUT2D eigenvalue weighted by molar-refractivity contribution is -0.160. The highest BCUT2D eigenvalue weighted by Crippen LogP contribution is 2.37. The van der Waals surface area contributed by atoms with Gasteiger partial charge >= 0.3 is 6.18 Å². The highest BCUT2D eigenvalue weighted by Gasteiger charge is 2.49. The molecule has 2 aliphatic carbocycles. The molecule has 596 valence electrons. The third-order valence-electron chi connectivity index (χ3n) is 22.7. The van der Waals surface area contributed by atoms with Crippen LogP contribution in [0.2, 0.25) is 5.02 Å². The van der Waals surface area contributed by atoms with Gasteiger partial charge in [0.1, 0.15) is 60.4 Å². The zero-order valence-electron chi connectivity index (χ0n) is 65.0. The summed E-state index contributed by atoms with van der Waals surface area (Å²) in [5.41, 5.74) is -0.914. The first kappa shape index (κ1) is 87.7. The van der Waals surface area contributed by atoms with E-state index in [-0.39, 0.29) is 88.4 Å².